The summed E-state index contributed by atoms with van der Waals surface area (Å²) in [5.74, 6) is 0.525. The summed E-state index contributed by atoms with van der Waals surface area (Å²) in [4.78, 5) is 4.36. The number of ether oxygens (including phenoxy) is 1. The molecule has 0 aliphatic heterocycles. The van der Waals surface area contributed by atoms with E-state index >= 15 is 0 Å². The topological polar surface area (TPSA) is 68.4 Å². The third kappa shape index (κ3) is 4.36. The van der Waals surface area contributed by atoms with Crippen LogP contribution in [0.3, 0.4) is 0 Å². The lowest BCUT2D eigenvalue weighted by Gasteiger charge is -2.21. The molecule has 4 nitrogen and oxygen atoms in total. The highest BCUT2D eigenvalue weighted by Gasteiger charge is 2.22. The molecular weight excluding hydrogens is 335 g/mol. The molecule has 3 N–H and O–H groups in total. The summed E-state index contributed by atoms with van der Waals surface area (Å²) in [6.07, 6.45) is -0.871. The van der Waals surface area contributed by atoms with Crippen molar-refractivity contribution in [3.8, 4) is 5.88 Å². The molecule has 0 radical (unpaired) electrons. The Morgan fingerprint density at radius 2 is 1.83 bits per heavy atom. The molecule has 2 rings (SSSR count). The van der Waals surface area contributed by atoms with Crippen molar-refractivity contribution in [1.82, 2.24) is 4.98 Å². The van der Waals surface area contributed by atoms with Crippen molar-refractivity contribution in [3.05, 3.63) is 57.2 Å². The van der Waals surface area contributed by atoms with E-state index in [1.165, 1.54) is 0 Å². The third-order valence-electron chi connectivity index (χ3n) is 3.44. The van der Waals surface area contributed by atoms with Gasteiger partial charge < -0.3 is 15.6 Å². The summed E-state index contributed by atoms with van der Waals surface area (Å²) in [5.41, 5.74) is 8.19. The molecule has 0 saturated carbocycles. The molecule has 124 valence electrons. The highest BCUT2D eigenvalue weighted by atomic mass is 35.5. The van der Waals surface area contributed by atoms with Gasteiger partial charge in [-0.1, -0.05) is 29.3 Å². The quantitative estimate of drug-likeness (QED) is 0.843. The Kier molecular flexibility index (Phi) is 5.87. The second-order valence-electron chi connectivity index (χ2n) is 5.63. The van der Waals surface area contributed by atoms with E-state index in [1.807, 2.05) is 20.8 Å². The van der Waals surface area contributed by atoms with Gasteiger partial charge in [0.25, 0.3) is 0 Å². The SMILES string of the molecule is Cc1nc(OC(C)C)ccc1[C@H](O)[C@H](N)c1ccc(Cl)c(Cl)c1. The Morgan fingerprint density at radius 1 is 1.13 bits per heavy atom. The van der Waals surface area contributed by atoms with Crippen molar-refractivity contribution in [2.75, 3.05) is 0 Å². The predicted octanol–water partition coefficient (Wildman–Crippen LogP) is 4.22. The summed E-state index contributed by atoms with van der Waals surface area (Å²) in [6.45, 7) is 5.67. The van der Waals surface area contributed by atoms with Gasteiger partial charge in [-0.25, -0.2) is 4.98 Å². The van der Waals surface area contributed by atoms with Crippen LogP contribution >= 0.6 is 23.2 Å². The average molecular weight is 355 g/mol. The van der Waals surface area contributed by atoms with Gasteiger partial charge in [-0.2, -0.15) is 0 Å². The summed E-state index contributed by atoms with van der Waals surface area (Å²) < 4.78 is 5.55. The first kappa shape index (κ1) is 18.0. The van der Waals surface area contributed by atoms with Crippen LogP contribution in [0.2, 0.25) is 10.0 Å². The summed E-state index contributed by atoms with van der Waals surface area (Å²) in [6, 6.07) is 7.95. The van der Waals surface area contributed by atoms with E-state index in [-0.39, 0.29) is 6.10 Å². The zero-order valence-electron chi connectivity index (χ0n) is 13.3. The number of nitrogens with two attached hydrogens (primary N) is 1. The number of rotatable bonds is 5. The minimum absolute atomic E-state index is 0.0381. The van der Waals surface area contributed by atoms with Crippen molar-refractivity contribution in [1.29, 1.82) is 0 Å². The first-order valence-corrected chi connectivity index (χ1v) is 8.08. The molecule has 0 unspecified atom stereocenters. The number of benzene rings is 1. The normalized spacial score (nSPS) is 13.9. The number of nitrogens with zero attached hydrogens (tertiary/aromatic N) is 1. The molecule has 1 aromatic carbocycles. The number of aliphatic hydroxyl groups excluding tert-OH is 1. The van der Waals surface area contributed by atoms with E-state index in [0.717, 1.165) is 0 Å². The van der Waals surface area contributed by atoms with E-state index in [9.17, 15) is 5.11 Å². The molecule has 0 aliphatic rings. The second-order valence-corrected chi connectivity index (χ2v) is 6.45. The molecule has 2 aromatic rings. The Hall–Kier alpha value is -1.33. The lowest BCUT2D eigenvalue weighted by molar-refractivity contribution is 0.145. The molecular formula is C17H20Cl2N2O2. The molecule has 0 amide bonds. The van der Waals surface area contributed by atoms with E-state index in [1.54, 1.807) is 30.3 Å². The Bertz CT molecular complexity index is 692. The Labute approximate surface area is 146 Å². The minimum Gasteiger partial charge on any atom is -0.475 e. The lowest BCUT2D eigenvalue weighted by Crippen LogP contribution is -2.21. The zero-order valence-corrected chi connectivity index (χ0v) is 14.8. The van der Waals surface area contributed by atoms with E-state index < -0.39 is 12.1 Å². The molecule has 2 atom stereocenters. The fraction of sp³-hybridized carbons (Fsp3) is 0.353. The van der Waals surface area contributed by atoms with Gasteiger partial charge in [0.2, 0.25) is 5.88 Å². The number of hydrogen-bond acceptors (Lipinski definition) is 4. The van der Waals surface area contributed by atoms with E-state index in [2.05, 4.69) is 4.98 Å². The largest absolute Gasteiger partial charge is 0.475 e. The van der Waals surface area contributed by atoms with Crippen molar-refractivity contribution >= 4 is 23.2 Å². The van der Waals surface area contributed by atoms with Crippen LogP contribution in [0.5, 0.6) is 5.88 Å². The maximum atomic E-state index is 10.6. The molecule has 0 spiro atoms. The van der Waals surface area contributed by atoms with Crippen LogP contribution in [-0.4, -0.2) is 16.2 Å². The van der Waals surface area contributed by atoms with Crippen LogP contribution < -0.4 is 10.5 Å². The molecule has 0 aliphatic carbocycles. The van der Waals surface area contributed by atoms with Gasteiger partial charge in [-0.15, -0.1) is 0 Å². The fourth-order valence-electron chi connectivity index (χ4n) is 2.26. The van der Waals surface area contributed by atoms with Crippen LogP contribution in [0.25, 0.3) is 0 Å². The minimum atomic E-state index is -0.909. The monoisotopic (exact) mass is 354 g/mol. The van der Waals surface area contributed by atoms with Crippen LogP contribution in [0.4, 0.5) is 0 Å². The van der Waals surface area contributed by atoms with Crippen molar-refractivity contribution < 1.29 is 9.84 Å². The predicted molar refractivity (Wildman–Crippen MR) is 93.1 cm³/mol. The lowest BCUT2D eigenvalue weighted by atomic mass is 9.96. The number of aromatic nitrogens is 1. The van der Waals surface area contributed by atoms with Gasteiger partial charge in [0.05, 0.1) is 28.3 Å². The van der Waals surface area contributed by atoms with Gasteiger partial charge in [0, 0.05) is 17.3 Å². The van der Waals surface area contributed by atoms with Crippen LogP contribution in [0.15, 0.2) is 30.3 Å². The molecule has 6 heteroatoms. The first-order chi connectivity index (χ1) is 10.8. The Morgan fingerprint density at radius 3 is 2.39 bits per heavy atom. The summed E-state index contributed by atoms with van der Waals surface area (Å²) in [5, 5.41) is 11.4. The number of aliphatic hydroxyl groups is 1. The number of aryl methyl sites for hydroxylation is 1. The summed E-state index contributed by atoms with van der Waals surface area (Å²) in [7, 11) is 0. The van der Waals surface area contributed by atoms with Crippen molar-refractivity contribution in [3.63, 3.8) is 0 Å². The molecule has 0 bridgehead atoms. The maximum Gasteiger partial charge on any atom is 0.213 e. The standard InChI is InChI=1S/C17H20Cl2N2O2/c1-9(2)23-15-7-5-12(10(3)21-15)17(22)16(20)11-4-6-13(18)14(19)8-11/h4-9,16-17,22H,20H2,1-3H3/t16-,17+/m1/s1. The molecule has 1 heterocycles. The van der Waals surface area contributed by atoms with Crippen LogP contribution in [0.1, 0.15) is 42.8 Å². The highest BCUT2D eigenvalue weighted by Crippen LogP contribution is 2.32. The van der Waals surface area contributed by atoms with E-state index in [4.69, 9.17) is 33.7 Å². The number of hydrogen-bond donors (Lipinski definition) is 2. The van der Waals surface area contributed by atoms with Crippen molar-refractivity contribution in [2.24, 2.45) is 5.73 Å². The van der Waals surface area contributed by atoms with Crippen LogP contribution in [-0.2, 0) is 0 Å². The third-order valence-corrected chi connectivity index (χ3v) is 4.18. The molecule has 1 aromatic heterocycles. The van der Waals surface area contributed by atoms with E-state index in [0.29, 0.717) is 32.7 Å². The second kappa shape index (κ2) is 7.49. The van der Waals surface area contributed by atoms with Crippen molar-refractivity contribution in [2.45, 2.75) is 39.0 Å². The van der Waals surface area contributed by atoms with Gasteiger partial charge in [-0.05, 0) is 44.5 Å². The number of pyridine rings is 1. The Balaban J connectivity index is 2.25. The zero-order chi connectivity index (χ0) is 17.1. The van der Waals surface area contributed by atoms with Gasteiger partial charge in [-0.3, -0.25) is 0 Å². The smallest absolute Gasteiger partial charge is 0.213 e. The molecule has 23 heavy (non-hydrogen) atoms. The first-order valence-electron chi connectivity index (χ1n) is 7.32. The molecule has 0 fully saturated rings. The van der Waals surface area contributed by atoms with Gasteiger partial charge in [0.15, 0.2) is 0 Å². The highest BCUT2D eigenvalue weighted by molar-refractivity contribution is 6.42. The van der Waals surface area contributed by atoms with Crippen LogP contribution in [0, 0.1) is 6.92 Å². The summed E-state index contributed by atoms with van der Waals surface area (Å²) >= 11 is 11.9. The maximum absolute atomic E-state index is 10.6. The van der Waals surface area contributed by atoms with Gasteiger partial charge >= 0.3 is 0 Å². The average Bonchev–Trinajstić information content (AvgIpc) is 2.48. The van der Waals surface area contributed by atoms with Gasteiger partial charge in [0.1, 0.15) is 0 Å². The number of halogens is 2. The molecule has 0 saturated heterocycles. The fourth-order valence-corrected chi connectivity index (χ4v) is 2.57.